The summed E-state index contributed by atoms with van der Waals surface area (Å²) in [6.45, 7) is 4.62. The van der Waals surface area contributed by atoms with Crippen LogP contribution in [0.15, 0.2) is 5.38 Å². The standard InChI is InChI=1S/C12H16N4OS2.ClH/c1-7-11(19-8(2)14-7)9-6-18-12(15-9)16-10(17)4-5-13-3;/h6,13H,4-5H2,1-3H3,(H,15,16,17);1H. The molecule has 0 spiro atoms. The van der Waals surface area contributed by atoms with Crippen LogP contribution in [0.3, 0.4) is 0 Å². The summed E-state index contributed by atoms with van der Waals surface area (Å²) in [6.07, 6.45) is 0.449. The molecule has 5 nitrogen and oxygen atoms in total. The monoisotopic (exact) mass is 332 g/mol. The topological polar surface area (TPSA) is 66.9 Å². The van der Waals surface area contributed by atoms with Crippen molar-refractivity contribution in [1.29, 1.82) is 0 Å². The SMILES string of the molecule is CNCCC(=O)Nc1nc(-c2sc(C)nc2C)cs1.Cl. The maximum atomic E-state index is 11.6. The first-order valence-electron chi connectivity index (χ1n) is 5.94. The van der Waals surface area contributed by atoms with Crippen LogP contribution in [0.5, 0.6) is 0 Å². The Morgan fingerprint density at radius 2 is 2.10 bits per heavy atom. The van der Waals surface area contributed by atoms with Gasteiger partial charge in [0.25, 0.3) is 0 Å². The van der Waals surface area contributed by atoms with E-state index in [9.17, 15) is 4.79 Å². The average molecular weight is 333 g/mol. The van der Waals surface area contributed by atoms with Crippen molar-refractivity contribution < 1.29 is 4.79 Å². The Hall–Kier alpha value is -1.02. The molecule has 0 aromatic carbocycles. The van der Waals surface area contributed by atoms with Crippen LogP contribution in [0.1, 0.15) is 17.1 Å². The second-order valence-electron chi connectivity index (χ2n) is 4.09. The van der Waals surface area contributed by atoms with Gasteiger partial charge in [-0.25, -0.2) is 9.97 Å². The third-order valence-electron chi connectivity index (χ3n) is 2.49. The number of nitrogens with zero attached hydrogens (tertiary/aromatic N) is 2. The average Bonchev–Trinajstić information content (AvgIpc) is 2.93. The maximum absolute atomic E-state index is 11.6. The number of amides is 1. The fourth-order valence-corrected chi connectivity index (χ4v) is 3.30. The van der Waals surface area contributed by atoms with Gasteiger partial charge in [0.05, 0.1) is 21.3 Å². The largest absolute Gasteiger partial charge is 0.319 e. The van der Waals surface area contributed by atoms with Gasteiger partial charge in [-0.05, 0) is 20.9 Å². The van der Waals surface area contributed by atoms with Gasteiger partial charge in [0.2, 0.25) is 5.91 Å². The van der Waals surface area contributed by atoms with E-state index in [4.69, 9.17) is 0 Å². The van der Waals surface area contributed by atoms with E-state index in [0.29, 0.717) is 18.1 Å². The molecule has 0 saturated heterocycles. The molecule has 20 heavy (non-hydrogen) atoms. The summed E-state index contributed by atoms with van der Waals surface area (Å²) in [5.41, 5.74) is 1.87. The smallest absolute Gasteiger partial charge is 0.227 e. The van der Waals surface area contributed by atoms with Crippen molar-refractivity contribution in [3.8, 4) is 10.6 Å². The van der Waals surface area contributed by atoms with Gasteiger partial charge in [0.1, 0.15) is 0 Å². The number of aromatic nitrogens is 2. The molecule has 2 aromatic heterocycles. The lowest BCUT2D eigenvalue weighted by molar-refractivity contribution is -0.116. The molecule has 0 unspecified atom stereocenters. The number of thiazole rings is 2. The van der Waals surface area contributed by atoms with E-state index in [-0.39, 0.29) is 18.3 Å². The van der Waals surface area contributed by atoms with E-state index < -0.39 is 0 Å². The molecule has 2 rings (SSSR count). The molecular formula is C12H17ClN4OS2. The highest BCUT2D eigenvalue weighted by atomic mass is 35.5. The van der Waals surface area contributed by atoms with Crippen molar-refractivity contribution >= 4 is 46.1 Å². The lowest BCUT2D eigenvalue weighted by Gasteiger charge is -2.00. The second-order valence-corrected chi connectivity index (χ2v) is 6.15. The number of nitrogens with one attached hydrogen (secondary N) is 2. The Labute approximate surface area is 132 Å². The highest BCUT2D eigenvalue weighted by Crippen LogP contribution is 2.31. The Balaban J connectivity index is 0.00000200. The van der Waals surface area contributed by atoms with Crippen LogP contribution in [-0.2, 0) is 4.79 Å². The van der Waals surface area contributed by atoms with E-state index >= 15 is 0 Å². The number of halogens is 1. The summed E-state index contributed by atoms with van der Waals surface area (Å²) in [6, 6.07) is 0. The first-order chi connectivity index (χ1) is 9.10. The van der Waals surface area contributed by atoms with Crippen molar-refractivity contribution in [2.75, 3.05) is 18.9 Å². The molecule has 8 heteroatoms. The molecule has 0 saturated carbocycles. The number of hydrogen-bond donors (Lipinski definition) is 2. The summed E-state index contributed by atoms with van der Waals surface area (Å²) in [5.74, 6) is -0.0209. The van der Waals surface area contributed by atoms with Crippen molar-refractivity contribution in [2.24, 2.45) is 0 Å². The van der Waals surface area contributed by atoms with Gasteiger partial charge in [0, 0.05) is 18.3 Å². The number of carbonyl (C=O) groups is 1. The minimum absolute atomic E-state index is 0. The van der Waals surface area contributed by atoms with Crippen LogP contribution in [0.2, 0.25) is 0 Å². The van der Waals surface area contributed by atoms with Crippen LogP contribution in [0.25, 0.3) is 10.6 Å². The minimum atomic E-state index is -0.0209. The molecule has 110 valence electrons. The van der Waals surface area contributed by atoms with Crippen LogP contribution in [0.4, 0.5) is 5.13 Å². The lowest BCUT2D eigenvalue weighted by atomic mass is 10.3. The van der Waals surface area contributed by atoms with Gasteiger partial charge in [-0.2, -0.15) is 0 Å². The van der Waals surface area contributed by atoms with Crippen LogP contribution >= 0.6 is 35.1 Å². The molecule has 2 heterocycles. The third-order valence-corrected chi connectivity index (χ3v) is 4.34. The Morgan fingerprint density at radius 3 is 2.70 bits per heavy atom. The summed E-state index contributed by atoms with van der Waals surface area (Å²) < 4.78 is 0. The van der Waals surface area contributed by atoms with E-state index in [2.05, 4.69) is 20.6 Å². The minimum Gasteiger partial charge on any atom is -0.319 e. The predicted octanol–water partition coefficient (Wildman–Crippen LogP) is 2.85. The molecule has 0 fully saturated rings. The summed E-state index contributed by atoms with van der Waals surface area (Å²) in [4.78, 5) is 21.5. The number of hydrogen-bond acceptors (Lipinski definition) is 6. The number of aryl methyl sites for hydroxylation is 2. The Kier molecular flexibility index (Phi) is 6.54. The molecule has 2 aromatic rings. The van der Waals surface area contributed by atoms with E-state index in [0.717, 1.165) is 21.3 Å². The van der Waals surface area contributed by atoms with Gasteiger partial charge >= 0.3 is 0 Å². The first-order valence-corrected chi connectivity index (χ1v) is 7.64. The summed E-state index contributed by atoms with van der Waals surface area (Å²) in [5, 5.41) is 9.37. The molecule has 0 aliphatic carbocycles. The fraction of sp³-hybridized carbons (Fsp3) is 0.417. The van der Waals surface area contributed by atoms with Crippen molar-refractivity contribution in [3.63, 3.8) is 0 Å². The molecule has 0 radical (unpaired) electrons. The molecule has 0 aliphatic rings. The van der Waals surface area contributed by atoms with Gasteiger partial charge in [0.15, 0.2) is 5.13 Å². The zero-order chi connectivity index (χ0) is 13.8. The lowest BCUT2D eigenvalue weighted by Crippen LogP contribution is -2.18. The zero-order valence-electron chi connectivity index (χ0n) is 11.5. The van der Waals surface area contributed by atoms with Gasteiger partial charge in [-0.15, -0.1) is 35.1 Å². The molecule has 0 aliphatic heterocycles. The van der Waals surface area contributed by atoms with Crippen LogP contribution in [-0.4, -0.2) is 29.5 Å². The number of carbonyl (C=O) groups excluding carboxylic acids is 1. The molecule has 1 amide bonds. The Morgan fingerprint density at radius 1 is 1.35 bits per heavy atom. The highest BCUT2D eigenvalue weighted by molar-refractivity contribution is 7.16. The molecular weight excluding hydrogens is 316 g/mol. The normalized spacial score (nSPS) is 10.2. The molecule has 2 N–H and O–H groups in total. The predicted molar refractivity (Wildman–Crippen MR) is 87.1 cm³/mol. The third kappa shape index (κ3) is 4.24. The first kappa shape index (κ1) is 17.0. The second kappa shape index (κ2) is 7.68. The van der Waals surface area contributed by atoms with Crippen molar-refractivity contribution in [3.05, 3.63) is 16.1 Å². The maximum Gasteiger partial charge on any atom is 0.227 e. The van der Waals surface area contributed by atoms with Crippen molar-refractivity contribution in [2.45, 2.75) is 20.3 Å². The number of anilines is 1. The Bertz CT molecular complexity index is 582. The van der Waals surface area contributed by atoms with Gasteiger partial charge < -0.3 is 10.6 Å². The molecule has 0 bridgehead atoms. The summed E-state index contributed by atoms with van der Waals surface area (Å²) in [7, 11) is 1.82. The van der Waals surface area contributed by atoms with E-state index in [1.54, 1.807) is 11.3 Å². The molecule has 0 atom stereocenters. The fourth-order valence-electron chi connectivity index (χ4n) is 1.62. The quantitative estimate of drug-likeness (QED) is 0.883. The van der Waals surface area contributed by atoms with Gasteiger partial charge in [-0.1, -0.05) is 0 Å². The highest BCUT2D eigenvalue weighted by Gasteiger charge is 2.12. The van der Waals surface area contributed by atoms with Crippen molar-refractivity contribution in [1.82, 2.24) is 15.3 Å². The number of rotatable bonds is 5. The van der Waals surface area contributed by atoms with E-state index in [1.165, 1.54) is 11.3 Å². The zero-order valence-corrected chi connectivity index (χ0v) is 14.0. The van der Waals surface area contributed by atoms with Crippen LogP contribution < -0.4 is 10.6 Å². The van der Waals surface area contributed by atoms with E-state index in [1.807, 2.05) is 26.3 Å². The van der Waals surface area contributed by atoms with Crippen LogP contribution in [0, 0.1) is 13.8 Å². The summed E-state index contributed by atoms with van der Waals surface area (Å²) >= 11 is 3.06. The van der Waals surface area contributed by atoms with Gasteiger partial charge in [-0.3, -0.25) is 4.79 Å².